The fraction of sp³-hybridized carbons (Fsp3) is 0.600. The predicted molar refractivity (Wildman–Crippen MR) is 64.4 cm³/mol. The topological polar surface area (TPSA) is 103 Å². The van der Waals surface area contributed by atoms with Crippen LogP contribution in [-0.2, 0) is 0 Å². The highest BCUT2D eigenvalue weighted by Crippen LogP contribution is 2.06. The third-order valence-electron chi connectivity index (χ3n) is 2.42. The van der Waals surface area contributed by atoms with Crippen LogP contribution in [0.2, 0.25) is 0 Å². The average molecular weight is 255 g/mol. The molecule has 18 heavy (non-hydrogen) atoms. The van der Waals surface area contributed by atoms with Crippen molar-refractivity contribution in [3.8, 4) is 0 Å². The SMILES string of the molecule is CC(C)N(C(=O)n1ncn(C(N)=O)c1=O)C(C)C. The average Bonchev–Trinajstić information content (AvgIpc) is 2.58. The molecule has 0 fully saturated rings. The lowest BCUT2D eigenvalue weighted by molar-refractivity contribution is 0.162. The molecule has 1 aromatic rings. The van der Waals surface area contributed by atoms with Crippen LogP contribution in [0.25, 0.3) is 0 Å². The molecule has 0 unspecified atom stereocenters. The number of hydrogen-bond acceptors (Lipinski definition) is 4. The molecule has 0 atom stereocenters. The summed E-state index contributed by atoms with van der Waals surface area (Å²) in [6.45, 7) is 7.31. The molecule has 1 rings (SSSR count). The van der Waals surface area contributed by atoms with E-state index in [1.165, 1.54) is 4.90 Å². The van der Waals surface area contributed by atoms with Gasteiger partial charge in [-0.25, -0.2) is 14.4 Å². The first-order valence-electron chi connectivity index (χ1n) is 5.56. The summed E-state index contributed by atoms with van der Waals surface area (Å²) in [4.78, 5) is 36.3. The summed E-state index contributed by atoms with van der Waals surface area (Å²) in [5.41, 5.74) is 4.11. The smallest absolute Gasteiger partial charge is 0.351 e. The van der Waals surface area contributed by atoms with E-state index in [4.69, 9.17) is 5.73 Å². The number of primary amides is 1. The predicted octanol–water partition coefficient (Wildman–Crippen LogP) is 0.0585. The molecular formula is C10H17N5O3. The van der Waals surface area contributed by atoms with Gasteiger partial charge in [0.2, 0.25) is 0 Å². The van der Waals surface area contributed by atoms with E-state index in [0.29, 0.717) is 9.25 Å². The van der Waals surface area contributed by atoms with Crippen LogP contribution in [0.3, 0.4) is 0 Å². The number of aromatic nitrogens is 3. The number of rotatable bonds is 2. The van der Waals surface area contributed by atoms with Crippen molar-refractivity contribution in [2.45, 2.75) is 39.8 Å². The molecule has 0 saturated carbocycles. The van der Waals surface area contributed by atoms with Gasteiger partial charge in [0.25, 0.3) is 0 Å². The molecule has 8 nitrogen and oxygen atoms in total. The Hall–Kier alpha value is -2.12. The minimum atomic E-state index is -0.973. The first kappa shape index (κ1) is 13.9. The zero-order chi connectivity index (χ0) is 14.0. The van der Waals surface area contributed by atoms with Gasteiger partial charge in [0, 0.05) is 12.1 Å². The van der Waals surface area contributed by atoms with Crippen LogP contribution in [0, 0.1) is 0 Å². The highest BCUT2D eigenvalue weighted by Gasteiger charge is 2.25. The standard InChI is InChI=1S/C10H17N5O3/c1-6(2)14(7(3)4)10(18)15-9(17)13(5-12-15)8(11)16/h5-7H,1-4H3,(H2,11,16). The van der Waals surface area contributed by atoms with Gasteiger partial charge < -0.3 is 10.6 Å². The van der Waals surface area contributed by atoms with E-state index in [0.717, 1.165) is 6.33 Å². The summed E-state index contributed by atoms with van der Waals surface area (Å²) in [5, 5.41) is 3.60. The lowest BCUT2D eigenvalue weighted by Gasteiger charge is -2.29. The van der Waals surface area contributed by atoms with Gasteiger partial charge in [-0.05, 0) is 27.7 Å². The lowest BCUT2D eigenvalue weighted by atomic mass is 10.2. The first-order chi connectivity index (χ1) is 8.27. The second kappa shape index (κ2) is 5.03. The van der Waals surface area contributed by atoms with E-state index < -0.39 is 17.8 Å². The summed E-state index contributed by atoms with van der Waals surface area (Å²) in [6, 6.07) is -1.74. The van der Waals surface area contributed by atoms with Crippen molar-refractivity contribution < 1.29 is 9.59 Å². The van der Waals surface area contributed by atoms with Gasteiger partial charge in [0.1, 0.15) is 6.33 Å². The number of carbonyl (C=O) groups excluding carboxylic acids is 2. The molecule has 1 aromatic heterocycles. The van der Waals surface area contributed by atoms with Gasteiger partial charge in [-0.3, -0.25) is 0 Å². The Balaban J connectivity index is 3.19. The van der Waals surface area contributed by atoms with Crippen molar-refractivity contribution in [2.75, 3.05) is 0 Å². The minimum Gasteiger partial charge on any atom is -0.351 e. The molecule has 0 radical (unpaired) electrons. The zero-order valence-corrected chi connectivity index (χ0v) is 10.8. The molecule has 2 N–H and O–H groups in total. The van der Waals surface area contributed by atoms with Crippen molar-refractivity contribution in [3.63, 3.8) is 0 Å². The molecule has 1 heterocycles. The highest BCUT2D eigenvalue weighted by molar-refractivity contribution is 5.78. The summed E-state index contributed by atoms with van der Waals surface area (Å²) in [7, 11) is 0. The van der Waals surface area contributed by atoms with E-state index in [9.17, 15) is 14.4 Å². The van der Waals surface area contributed by atoms with Crippen LogP contribution in [0.15, 0.2) is 11.1 Å². The van der Waals surface area contributed by atoms with Crippen LogP contribution in [0.5, 0.6) is 0 Å². The van der Waals surface area contributed by atoms with E-state index in [1.54, 1.807) is 0 Å². The van der Waals surface area contributed by atoms with Crippen LogP contribution >= 0.6 is 0 Å². The Morgan fingerprint density at radius 2 is 1.78 bits per heavy atom. The van der Waals surface area contributed by atoms with E-state index in [2.05, 4.69) is 5.10 Å². The molecule has 0 aliphatic rings. The van der Waals surface area contributed by atoms with Crippen molar-refractivity contribution in [1.29, 1.82) is 0 Å². The largest absolute Gasteiger partial charge is 0.362 e. The van der Waals surface area contributed by atoms with Gasteiger partial charge in [-0.15, -0.1) is 9.78 Å². The molecule has 0 saturated heterocycles. The van der Waals surface area contributed by atoms with Crippen LogP contribution < -0.4 is 11.4 Å². The fourth-order valence-electron chi connectivity index (χ4n) is 1.73. The zero-order valence-electron chi connectivity index (χ0n) is 10.8. The number of nitrogens with zero attached hydrogens (tertiary/aromatic N) is 4. The molecule has 2 amide bonds. The Labute approximate surface area is 104 Å². The van der Waals surface area contributed by atoms with Crippen molar-refractivity contribution >= 4 is 12.1 Å². The third-order valence-corrected chi connectivity index (χ3v) is 2.42. The van der Waals surface area contributed by atoms with Gasteiger partial charge in [0.15, 0.2) is 0 Å². The fourth-order valence-corrected chi connectivity index (χ4v) is 1.73. The maximum absolute atomic E-state index is 12.1. The first-order valence-corrected chi connectivity index (χ1v) is 5.56. The van der Waals surface area contributed by atoms with Gasteiger partial charge in [-0.1, -0.05) is 0 Å². The molecule has 0 spiro atoms. The van der Waals surface area contributed by atoms with Crippen LogP contribution in [-0.4, -0.2) is 43.4 Å². The van der Waals surface area contributed by atoms with Crippen molar-refractivity contribution in [2.24, 2.45) is 5.73 Å². The summed E-state index contributed by atoms with van der Waals surface area (Å²) in [5.74, 6) is 0. The van der Waals surface area contributed by atoms with Gasteiger partial charge >= 0.3 is 17.8 Å². The molecule has 0 bridgehead atoms. The number of carbonyl (C=O) groups is 2. The van der Waals surface area contributed by atoms with E-state index in [-0.39, 0.29) is 12.1 Å². The monoisotopic (exact) mass is 255 g/mol. The molecule has 0 aliphatic carbocycles. The van der Waals surface area contributed by atoms with Crippen molar-refractivity contribution in [3.05, 3.63) is 16.8 Å². The normalized spacial score (nSPS) is 11.0. The summed E-state index contributed by atoms with van der Waals surface area (Å²) < 4.78 is 1.21. The maximum Gasteiger partial charge on any atom is 0.362 e. The second-order valence-electron chi connectivity index (χ2n) is 4.41. The molecule has 0 aliphatic heterocycles. The van der Waals surface area contributed by atoms with E-state index in [1.807, 2.05) is 27.7 Å². The second-order valence-corrected chi connectivity index (χ2v) is 4.41. The highest BCUT2D eigenvalue weighted by atomic mass is 16.2. The molecule has 100 valence electrons. The Morgan fingerprint density at radius 3 is 2.11 bits per heavy atom. The van der Waals surface area contributed by atoms with Gasteiger partial charge in [-0.2, -0.15) is 4.57 Å². The van der Waals surface area contributed by atoms with E-state index >= 15 is 0 Å². The summed E-state index contributed by atoms with van der Waals surface area (Å²) in [6.07, 6.45) is 0.932. The molecule has 0 aromatic carbocycles. The lowest BCUT2D eigenvalue weighted by Crippen LogP contribution is -2.48. The Morgan fingerprint density at radius 1 is 1.28 bits per heavy atom. The minimum absolute atomic E-state index is 0.0943. The number of amides is 2. The summed E-state index contributed by atoms with van der Waals surface area (Å²) >= 11 is 0. The van der Waals surface area contributed by atoms with Crippen LogP contribution in [0.1, 0.15) is 27.7 Å². The third kappa shape index (κ3) is 2.41. The Kier molecular flexibility index (Phi) is 3.89. The maximum atomic E-state index is 12.1. The Bertz CT molecular complexity index is 506. The molecular weight excluding hydrogens is 238 g/mol. The quantitative estimate of drug-likeness (QED) is 0.806. The number of nitrogens with two attached hydrogens (primary N) is 1. The van der Waals surface area contributed by atoms with Crippen molar-refractivity contribution in [1.82, 2.24) is 19.2 Å². The van der Waals surface area contributed by atoms with Gasteiger partial charge in [0.05, 0.1) is 0 Å². The molecule has 8 heteroatoms. The number of hydrogen-bond donors (Lipinski definition) is 1. The van der Waals surface area contributed by atoms with Crippen LogP contribution in [0.4, 0.5) is 9.59 Å².